The van der Waals surface area contributed by atoms with Crippen LogP contribution in [0.4, 0.5) is 10.6 Å². The molecule has 0 radical (unpaired) electrons. The molecule has 2 aliphatic rings. The number of carbonyl (C=O) groups is 1. The number of pyridine rings is 2. The Bertz CT molecular complexity index is 1030. The summed E-state index contributed by atoms with van der Waals surface area (Å²) in [5.74, 6) is 0.562. The van der Waals surface area contributed by atoms with Gasteiger partial charge in [-0.25, -0.2) is 9.78 Å². The molecule has 28 heavy (non-hydrogen) atoms. The third-order valence-electron chi connectivity index (χ3n) is 5.97. The monoisotopic (exact) mass is 377 g/mol. The number of aryl methyl sites for hydroxylation is 1. The molecule has 2 fully saturated rings. The largest absolute Gasteiger partial charge is 0.323 e. The smallest absolute Gasteiger partial charge is 0.321 e. The van der Waals surface area contributed by atoms with Crippen molar-refractivity contribution in [3.05, 3.63) is 36.9 Å². The van der Waals surface area contributed by atoms with E-state index in [0.717, 1.165) is 35.1 Å². The Labute approximate surface area is 163 Å². The average molecular weight is 377 g/mol. The Morgan fingerprint density at radius 1 is 1.04 bits per heavy atom. The summed E-state index contributed by atoms with van der Waals surface area (Å²) in [5, 5.41) is 9.09. The summed E-state index contributed by atoms with van der Waals surface area (Å²) in [5.41, 5.74) is 1.81. The number of piperazine rings is 1. The lowest BCUT2D eigenvalue weighted by atomic mass is 10.1. The lowest BCUT2D eigenvalue weighted by molar-refractivity contribution is 0.110. The number of hydrogen-bond acceptors (Lipinski definition) is 5. The van der Waals surface area contributed by atoms with Gasteiger partial charge in [0.05, 0.1) is 11.9 Å². The van der Waals surface area contributed by atoms with Crippen LogP contribution in [0, 0.1) is 0 Å². The molecule has 8 nitrogen and oxygen atoms in total. The normalized spacial score (nSPS) is 22.0. The fourth-order valence-corrected chi connectivity index (χ4v) is 4.29. The maximum Gasteiger partial charge on any atom is 0.323 e. The van der Waals surface area contributed by atoms with E-state index in [-0.39, 0.29) is 6.03 Å². The summed E-state index contributed by atoms with van der Waals surface area (Å²) in [4.78, 5) is 26.0. The molecule has 2 aliphatic heterocycles. The van der Waals surface area contributed by atoms with Crippen LogP contribution >= 0.6 is 0 Å². The van der Waals surface area contributed by atoms with Crippen LogP contribution in [0.3, 0.4) is 0 Å². The van der Waals surface area contributed by atoms with Crippen molar-refractivity contribution in [1.82, 2.24) is 29.5 Å². The molecule has 0 aliphatic carbocycles. The zero-order valence-electron chi connectivity index (χ0n) is 16.0. The fraction of sp³-hybridized carbons (Fsp3) is 0.400. The maximum absolute atomic E-state index is 12.8. The number of likely N-dealkylation sites (tertiary alicyclic amines) is 1. The van der Waals surface area contributed by atoms with E-state index >= 15 is 0 Å². The van der Waals surface area contributed by atoms with Crippen LogP contribution in [-0.4, -0.2) is 67.8 Å². The number of likely N-dealkylation sites (N-methyl/N-ethyl adjacent to an activating group) is 1. The standard InChI is InChI=1S/C20H23N7O/c1-25-10-15(9-23-25)18-5-13-6-19(22-8-14(13)7-21-18)24-20(28)27-11-16-3-4-17(12-27)26(16)2/h5-10,16-17H,3-4,11-12H2,1-2H3,(H,22,24,28). The molecule has 5 heterocycles. The Morgan fingerprint density at radius 2 is 1.79 bits per heavy atom. The summed E-state index contributed by atoms with van der Waals surface area (Å²) < 4.78 is 1.75. The molecule has 3 aromatic rings. The Hall–Kier alpha value is -3.00. The first-order valence-electron chi connectivity index (χ1n) is 9.59. The molecule has 0 saturated carbocycles. The van der Waals surface area contributed by atoms with Crippen molar-refractivity contribution in [2.24, 2.45) is 7.05 Å². The van der Waals surface area contributed by atoms with Crippen LogP contribution in [0.25, 0.3) is 22.0 Å². The highest BCUT2D eigenvalue weighted by atomic mass is 16.2. The summed E-state index contributed by atoms with van der Waals surface area (Å²) >= 11 is 0. The highest BCUT2D eigenvalue weighted by molar-refractivity contribution is 5.92. The highest BCUT2D eigenvalue weighted by Gasteiger charge is 2.39. The molecule has 8 heteroatoms. The summed E-state index contributed by atoms with van der Waals surface area (Å²) in [6.45, 7) is 1.56. The summed E-state index contributed by atoms with van der Waals surface area (Å²) in [7, 11) is 4.04. The van der Waals surface area contributed by atoms with E-state index in [1.165, 1.54) is 12.8 Å². The van der Waals surface area contributed by atoms with Gasteiger partial charge >= 0.3 is 6.03 Å². The molecule has 2 amide bonds. The Morgan fingerprint density at radius 3 is 2.50 bits per heavy atom. The molecule has 0 aromatic carbocycles. The van der Waals surface area contributed by atoms with E-state index in [1.807, 2.05) is 30.3 Å². The second kappa shape index (κ2) is 6.56. The van der Waals surface area contributed by atoms with E-state index in [4.69, 9.17) is 0 Å². The van der Waals surface area contributed by atoms with Gasteiger partial charge in [-0.05, 0) is 37.4 Å². The van der Waals surface area contributed by atoms with Gasteiger partial charge in [0.15, 0.2) is 0 Å². The van der Waals surface area contributed by atoms with Gasteiger partial charge in [-0.1, -0.05) is 0 Å². The van der Waals surface area contributed by atoms with Gasteiger partial charge in [-0.2, -0.15) is 5.10 Å². The molecule has 2 bridgehead atoms. The van der Waals surface area contributed by atoms with Crippen LogP contribution < -0.4 is 5.32 Å². The van der Waals surface area contributed by atoms with Crippen molar-refractivity contribution in [3.8, 4) is 11.3 Å². The number of amides is 2. The molecule has 5 rings (SSSR count). The number of carbonyl (C=O) groups excluding carboxylic acids is 1. The van der Waals surface area contributed by atoms with Gasteiger partial charge in [0, 0.05) is 61.8 Å². The number of urea groups is 1. The van der Waals surface area contributed by atoms with Crippen LogP contribution in [0.15, 0.2) is 36.9 Å². The first-order chi connectivity index (χ1) is 13.6. The van der Waals surface area contributed by atoms with Gasteiger partial charge in [0.25, 0.3) is 0 Å². The summed E-state index contributed by atoms with van der Waals surface area (Å²) in [6.07, 6.45) is 9.61. The van der Waals surface area contributed by atoms with Gasteiger partial charge in [-0.3, -0.25) is 19.9 Å². The molecule has 1 N–H and O–H groups in total. The number of rotatable bonds is 2. The molecular formula is C20H23N7O. The second-order valence-electron chi connectivity index (χ2n) is 7.77. The average Bonchev–Trinajstić information content (AvgIpc) is 3.19. The SMILES string of the molecule is CN1C2CCC1CN(C(=O)Nc1cc3cc(-c4cnn(C)c4)ncc3cn1)C2. The maximum atomic E-state index is 12.8. The van der Waals surface area contributed by atoms with E-state index < -0.39 is 0 Å². The van der Waals surface area contributed by atoms with Crippen molar-refractivity contribution in [1.29, 1.82) is 0 Å². The Balaban J connectivity index is 1.36. The van der Waals surface area contributed by atoms with E-state index in [0.29, 0.717) is 17.9 Å². The minimum atomic E-state index is -0.0709. The predicted octanol–water partition coefficient (Wildman–Crippen LogP) is 2.34. The van der Waals surface area contributed by atoms with Gasteiger partial charge in [-0.15, -0.1) is 0 Å². The molecule has 2 unspecified atom stereocenters. The molecular weight excluding hydrogens is 354 g/mol. The molecule has 0 spiro atoms. The highest BCUT2D eigenvalue weighted by Crippen LogP contribution is 2.29. The first kappa shape index (κ1) is 17.1. The zero-order valence-corrected chi connectivity index (χ0v) is 16.0. The van der Waals surface area contributed by atoms with Crippen molar-refractivity contribution in [3.63, 3.8) is 0 Å². The van der Waals surface area contributed by atoms with Crippen LogP contribution in [0.1, 0.15) is 12.8 Å². The number of nitrogens with zero attached hydrogens (tertiary/aromatic N) is 6. The fourth-order valence-electron chi connectivity index (χ4n) is 4.29. The van der Waals surface area contributed by atoms with E-state index in [1.54, 1.807) is 23.3 Å². The third-order valence-corrected chi connectivity index (χ3v) is 5.97. The van der Waals surface area contributed by atoms with Crippen LogP contribution in [0.5, 0.6) is 0 Å². The number of aromatic nitrogens is 4. The number of hydrogen-bond donors (Lipinski definition) is 1. The van der Waals surface area contributed by atoms with Gasteiger partial charge < -0.3 is 4.90 Å². The predicted molar refractivity (Wildman–Crippen MR) is 107 cm³/mol. The first-order valence-corrected chi connectivity index (χ1v) is 9.59. The van der Waals surface area contributed by atoms with Gasteiger partial charge in [0.1, 0.15) is 5.82 Å². The van der Waals surface area contributed by atoms with Crippen molar-refractivity contribution < 1.29 is 4.79 Å². The third kappa shape index (κ3) is 2.99. The zero-order chi connectivity index (χ0) is 19.3. The minimum absolute atomic E-state index is 0.0709. The number of fused-ring (bicyclic) bond motifs is 3. The summed E-state index contributed by atoms with van der Waals surface area (Å²) in [6, 6.07) is 4.78. The lowest BCUT2D eigenvalue weighted by Crippen LogP contribution is -2.54. The van der Waals surface area contributed by atoms with Crippen molar-refractivity contribution in [2.45, 2.75) is 24.9 Å². The van der Waals surface area contributed by atoms with Gasteiger partial charge in [0.2, 0.25) is 0 Å². The topological polar surface area (TPSA) is 79.2 Å². The van der Waals surface area contributed by atoms with Crippen LogP contribution in [0.2, 0.25) is 0 Å². The van der Waals surface area contributed by atoms with Crippen molar-refractivity contribution in [2.75, 3.05) is 25.5 Å². The van der Waals surface area contributed by atoms with Crippen LogP contribution in [-0.2, 0) is 7.05 Å². The number of nitrogens with one attached hydrogen (secondary N) is 1. The van der Waals surface area contributed by atoms with E-state index in [9.17, 15) is 4.79 Å². The molecule has 3 aromatic heterocycles. The second-order valence-corrected chi connectivity index (χ2v) is 7.77. The molecule has 2 atom stereocenters. The molecule has 2 saturated heterocycles. The van der Waals surface area contributed by atoms with E-state index in [2.05, 4.69) is 32.3 Å². The Kier molecular flexibility index (Phi) is 4.01. The lowest BCUT2D eigenvalue weighted by Gasteiger charge is -2.38. The molecule has 144 valence electrons. The quantitative estimate of drug-likeness (QED) is 0.742. The minimum Gasteiger partial charge on any atom is -0.321 e. The number of anilines is 1. The van der Waals surface area contributed by atoms with Crippen molar-refractivity contribution >= 4 is 22.6 Å².